The molecule has 1 amide bonds. The van der Waals surface area contributed by atoms with Crippen LogP contribution in [0.2, 0.25) is 0 Å². The highest BCUT2D eigenvalue weighted by Gasteiger charge is 2.21. The van der Waals surface area contributed by atoms with E-state index in [4.69, 9.17) is 5.10 Å². The van der Waals surface area contributed by atoms with E-state index in [1.807, 2.05) is 51.6 Å². The van der Waals surface area contributed by atoms with Gasteiger partial charge in [-0.2, -0.15) is 5.10 Å². The minimum atomic E-state index is 0.0319. The third-order valence-electron chi connectivity index (χ3n) is 5.99. The number of thiazole rings is 1. The highest BCUT2D eigenvalue weighted by Crippen LogP contribution is 2.25. The van der Waals surface area contributed by atoms with Crippen molar-refractivity contribution in [2.75, 3.05) is 31.1 Å². The number of hydrogen-bond acceptors (Lipinski definition) is 5. The molecule has 1 aliphatic heterocycles. The lowest BCUT2D eigenvalue weighted by Crippen LogP contribution is -2.48. The summed E-state index contributed by atoms with van der Waals surface area (Å²) in [5.74, 6) is 0.0319. The van der Waals surface area contributed by atoms with E-state index in [1.165, 1.54) is 11.1 Å². The minimum Gasteiger partial charge on any atom is -0.345 e. The number of piperazine rings is 1. The Morgan fingerprint density at radius 3 is 2.50 bits per heavy atom. The summed E-state index contributed by atoms with van der Waals surface area (Å²) < 4.78 is 1.95. The molecule has 0 spiro atoms. The molecule has 4 aromatic rings. The average molecular weight is 470 g/mol. The van der Waals surface area contributed by atoms with Crippen LogP contribution < -0.4 is 4.90 Å². The lowest BCUT2D eigenvalue weighted by molar-refractivity contribution is -0.126. The van der Waals surface area contributed by atoms with Crippen molar-refractivity contribution in [2.24, 2.45) is 0 Å². The van der Waals surface area contributed by atoms with Gasteiger partial charge in [0, 0.05) is 61.2 Å². The van der Waals surface area contributed by atoms with Crippen LogP contribution in [0.1, 0.15) is 16.7 Å². The maximum absolute atomic E-state index is 12.9. The smallest absolute Gasteiger partial charge is 0.246 e. The van der Waals surface area contributed by atoms with Gasteiger partial charge in [0.25, 0.3) is 0 Å². The molecule has 2 aromatic carbocycles. The van der Waals surface area contributed by atoms with Crippen molar-refractivity contribution in [1.82, 2.24) is 19.7 Å². The molecule has 0 bridgehead atoms. The van der Waals surface area contributed by atoms with Crippen LogP contribution in [0.5, 0.6) is 0 Å². The predicted molar refractivity (Wildman–Crippen MR) is 138 cm³/mol. The van der Waals surface area contributed by atoms with E-state index in [-0.39, 0.29) is 5.91 Å². The Kier molecular flexibility index (Phi) is 6.53. The summed E-state index contributed by atoms with van der Waals surface area (Å²) in [5.41, 5.74) is 5.26. The zero-order chi connectivity index (χ0) is 23.3. The standard InChI is InChI=1S/C27H27N5OS/c1-21-7-9-23(10-8-21)26-24(20-32(29-26)19-22-5-3-2-4-6-22)11-12-25(33)30-14-16-31(17-15-30)27-28-13-18-34-27/h2-13,18,20H,14-17,19H2,1H3/b12-11+. The van der Waals surface area contributed by atoms with Gasteiger partial charge in [-0.25, -0.2) is 4.98 Å². The summed E-state index contributed by atoms with van der Waals surface area (Å²) in [7, 11) is 0. The second-order valence-electron chi connectivity index (χ2n) is 8.44. The summed E-state index contributed by atoms with van der Waals surface area (Å²) in [5, 5.41) is 7.87. The molecule has 2 aromatic heterocycles. The maximum atomic E-state index is 12.9. The highest BCUT2D eigenvalue weighted by molar-refractivity contribution is 7.13. The summed E-state index contributed by atoms with van der Waals surface area (Å²) in [6, 6.07) is 18.6. The van der Waals surface area contributed by atoms with Gasteiger partial charge in [-0.3, -0.25) is 9.48 Å². The van der Waals surface area contributed by atoms with E-state index >= 15 is 0 Å². The number of nitrogens with zero attached hydrogens (tertiary/aromatic N) is 5. The van der Waals surface area contributed by atoms with Crippen molar-refractivity contribution >= 4 is 28.5 Å². The molecule has 1 fully saturated rings. The molecule has 7 heteroatoms. The quantitative estimate of drug-likeness (QED) is 0.383. The first-order chi connectivity index (χ1) is 16.7. The molecule has 0 radical (unpaired) electrons. The summed E-state index contributed by atoms with van der Waals surface area (Å²) >= 11 is 1.64. The number of carbonyl (C=O) groups excluding carboxylic acids is 1. The number of amides is 1. The topological polar surface area (TPSA) is 54.3 Å². The summed E-state index contributed by atoms with van der Waals surface area (Å²) in [4.78, 5) is 21.5. The second kappa shape index (κ2) is 10.1. The first-order valence-corrected chi connectivity index (χ1v) is 12.3. The van der Waals surface area contributed by atoms with Crippen LogP contribution in [-0.4, -0.2) is 51.8 Å². The van der Waals surface area contributed by atoms with Crippen LogP contribution in [0.3, 0.4) is 0 Å². The van der Waals surface area contributed by atoms with Gasteiger partial charge >= 0.3 is 0 Å². The van der Waals surface area contributed by atoms with Gasteiger partial charge in [-0.05, 0) is 18.6 Å². The van der Waals surface area contributed by atoms with Crippen LogP contribution in [-0.2, 0) is 11.3 Å². The number of aromatic nitrogens is 3. The Morgan fingerprint density at radius 1 is 1.03 bits per heavy atom. The van der Waals surface area contributed by atoms with E-state index in [9.17, 15) is 4.79 Å². The average Bonchev–Trinajstić information content (AvgIpc) is 3.54. The zero-order valence-electron chi connectivity index (χ0n) is 19.2. The number of carbonyl (C=O) groups is 1. The molecule has 6 nitrogen and oxygen atoms in total. The molecule has 0 unspecified atom stereocenters. The zero-order valence-corrected chi connectivity index (χ0v) is 20.0. The minimum absolute atomic E-state index is 0.0319. The van der Waals surface area contributed by atoms with Gasteiger partial charge < -0.3 is 9.80 Å². The van der Waals surface area contributed by atoms with Gasteiger partial charge in [-0.15, -0.1) is 11.3 Å². The largest absolute Gasteiger partial charge is 0.345 e. The van der Waals surface area contributed by atoms with Crippen molar-refractivity contribution in [1.29, 1.82) is 0 Å². The van der Waals surface area contributed by atoms with Gasteiger partial charge in [0.2, 0.25) is 5.91 Å². The van der Waals surface area contributed by atoms with Crippen molar-refractivity contribution < 1.29 is 4.79 Å². The molecule has 1 aliphatic rings. The van der Waals surface area contributed by atoms with Crippen LogP contribution >= 0.6 is 11.3 Å². The van der Waals surface area contributed by atoms with Gasteiger partial charge in [0.1, 0.15) is 0 Å². The van der Waals surface area contributed by atoms with Crippen molar-refractivity contribution in [3.05, 3.63) is 95.1 Å². The Morgan fingerprint density at radius 2 is 1.79 bits per heavy atom. The molecular formula is C27H27N5OS. The maximum Gasteiger partial charge on any atom is 0.246 e. The van der Waals surface area contributed by atoms with Gasteiger partial charge in [-0.1, -0.05) is 60.2 Å². The first-order valence-electron chi connectivity index (χ1n) is 11.5. The molecular weight excluding hydrogens is 442 g/mol. The monoisotopic (exact) mass is 469 g/mol. The van der Waals surface area contributed by atoms with E-state index in [1.54, 1.807) is 17.4 Å². The van der Waals surface area contributed by atoms with Crippen molar-refractivity contribution in [3.63, 3.8) is 0 Å². The van der Waals surface area contributed by atoms with Crippen molar-refractivity contribution in [2.45, 2.75) is 13.5 Å². The molecule has 0 N–H and O–H groups in total. The number of aryl methyl sites for hydroxylation is 1. The lowest BCUT2D eigenvalue weighted by Gasteiger charge is -2.34. The third kappa shape index (κ3) is 5.10. The fourth-order valence-electron chi connectivity index (χ4n) is 4.10. The lowest BCUT2D eigenvalue weighted by atomic mass is 10.1. The number of benzene rings is 2. The number of anilines is 1. The SMILES string of the molecule is Cc1ccc(-c2nn(Cc3ccccc3)cc2/C=C/C(=O)N2CCN(c3nccs3)CC2)cc1. The van der Waals surface area contributed by atoms with Crippen molar-refractivity contribution in [3.8, 4) is 11.3 Å². The van der Waals surface area contributed by atoms with E-state index in [0.29, 0.717) is 19.6 Å². The molecule has 172 valence electrons. The predicted octanol–water partition coefficient (Wildman–Crippen LogP) is 4.73. The Bertz CT molecular complexity index is 1250. The molecule has 5 rings (SSSR count). The molecule has 34 heavy (non-hydrogen) atoms. The third-order valence-corrected chi connectivity index (χ3v) is 6.82. The fourth-order valence-corrected chi connectivity index (χ4v) is 4.80. The van der Waals surface area contributed by atoms with E-state index in [2.05, 4.69) is 53.2 Å². The molecule has 0 aliphatic carbocycles. The normalized spacial score (nSPS) is 14.1. The second-order valence-corrected chi connectivity index (χ2v) is 9.32. The Balaban J connectivity index is 1.33. The summed E-state index contributed by atoms with van der Waals surface area (Å²) in [6.07, 6.45) is 7.43. The fraction of sp³-hybridized carbons (Fsp3) is 0.222. The molecule has 0 saturated carbocycles. The molecule has 3 heterocycles. The highest BCUT2D eigenvalue weighted by atomic mass is 32.1. The van der Waals surface area contributed by atoms with E-state index in [0.717, 1.165) is 35.0 Å². The van der Waals surface area contributed by atoms with E-state index < -0.39 is 0 Å². The van der Waals surface area contributed by atoms with Crippen LogP contribution in [0, 0.1) is 6.92 Å². The Labute approximate surface area is 203 Å². The van der Waals surface area contributed by atoms with Crippen LogP contribution in [0.4, 0.5) is 5.13 Å². The number of hydrogen-bond donors (Lipinski definition) is 0. The van der Waals surface area contributed by atoms with Gasteiger partial charge in [0.05, 0.1) is 12.2 Å². The molecule has 0 atom stereocenters. The summed E-state index contributed by atoms with van der Waals surface area (Å²) in [6.45, 7) is 5.75. The van der Waals surface area contributed by atoms with Crippen LogP contribution in [0.15, 0.2) is 78.4 Å². The van der Waals surface area contributed by atoms with Gasteiger partial charge in [0.15, 0.2) is 5.13 Å². The number of rotatable bonds is 6. The first kappa shape index (κ1) is 22.1. The molecule has 1 saturated heterocycles. The Hall–Kier alpha value is -3.71. The van der Waals surface area contributed by atoms with Crippen LogP contribution in [0.25, 0.3) is 17.3 Å².